The average molecular weight is 198 g/mol. The van der Waals surface area contributed by atoms with Crippen LogP contribution in [0.1, 0.15) is 11.6 Å². The second-order valence-electron chi connectivity index (χ2n) is 2.71. The lowest BCUT2D eigenvalue weighted by Gasteiger charge is -1.98. The second kappa shape index (κ2) is 4.40. The summed E-state index contributed by atoms with van der Waals surface area (Å²) in [4.78, 5) is 25.1. The molecule has 0 aliphatic carbocycles. The summed E-state index contributed by atoms with van der Waals surface area (Å²) in [6.07, 6.45) is 1.40. The topological polar surface area (TPSA) is 92.4 Å². The van der Waals surface area contributed by atoms with Gasteiger partial charge in [0.25, 0.3) is 0 Å². The summed E-state index contributed by atoms with van der Waals surface area (Å²) in [5.74, 6) is -0.985. The molecule has 1 rings (SSSR count). The Balaban J connectivity index is 2.37. The molecule has 1 heterocycles. The van der Waals surface area contributed by atoms with Crippen LogP contribution < -0.4 is 5.32 Å². The number of aliphatic carboxylic acids is 1. The molecule has 14 heavy (non-hydrogen) atoms. The molecule has 0 unspecified atom stereocenters. The van der Waals surface area contributed by atoms with E-state index in [1.165, 1.54) is 6.26 Å². The number of carbonyl (C=O) groups is 2. The molecule has 0 spiro atoms. The number of carboxylic acids is 1. The van der Waals surface area contributed by atoms with Gasteiger partial charge in [0.05, 0.1) is 12.1 Å². The number of aromatic nitrogens is 1. The van der Waals surface area contributed by atoms with Crippen molar-refractivity contribution in [2.45, 2.75) is 13.3 Å². The Morgan fingerprint density at radius 2 is 2.36 bits per heavy atom. The lowest BCUT2D eigenvalue weighted by Crippen LogP contribution is -2.30. The van der Waals surface area contributed by atoms with E-state index in [9.17, 15) is 9.59 Å². The van der Waals surface area contributed by atoms with Crippen molar-refractivity contribution < 1.29 is 19.1 Å². The lowest BCUT2D eigenvalue weighted by atomic mass is 10.3. The van der Waals surface area contributed by atoms with Crippen LogP contribution in [-0.2, 0) is 16.0 Å². The fourth-order valence-electron chi connectivity index (χ4n) is 0.891. The van der Waals surface area contributed by atoms with Crippen LogP contribution in [-0.4, -0.2) is 28.5 Å². The molecule has 76 valence electrons. The molecule has 0 saturated heterocycles. The normalized spacial score (nSPS) is 9.79. The molecule has 0 aliphatic heterocycles. The Hall–Kier alpha value is -1.85. The highest BCUT2D eigenvalue weighted by molar-refractivity contribution is 5.82. The van der Waals surface area contributed by atoms with Gasteiger partial charge in [-0.05, 0) is 0 Å². The SMILES string of the molecule is Cc1nc(CC(=O)NCC(=O)O)co1. The van der Waals surface area contributed by atoms with Gasteiger partial charge in [-0.25, -0.2) is 4.98 Å². The molecule has 0 aliphatic rings. The average Bonchev–Trinajstić information content (AvgIpc) is 2.48. The van der Waals surface area contributed by atoms with Gasteiger partial charge in [-0.1, -0.05) is 0 Å². The molecular formula is C8H10N2O4. The van der Waals surface area contributed by atoms with Gasteiger partial charge in [0.15, 0.2) is 5.89 Å². The van der Waals surface area contributed by atoms with Crippen molar-refractivity contribution in [3.63, 3.8) is 0 Å². The van der Waals surface area contributed by atoms with Crippen LogP contribution in [0, 0.1) is 6.92 Å². The van der Waals surface area contributed by atoms with Crippen LogP contribution in [0.2, 0.25) is 0 Å². The summed E-state index contributed by atoms with van der Waals surface area (Å²) >= 11 is 0. The van der Waals surface area contributed by atoms with E-state index in [2.05, 4.69) is 10.3 Å². The van der Waals surface area contributed by atoms with E-state index in [0.717, 1.165) is 0 Å². The number of hydrogen-bond donors (Lipinski definition) is 2. The third-order valence-electron chi connectivity index (χ3n) is 1.45. The summed E-state index contributed by atoms with van der Waals surface area (Å²) in [6, 6.07) is 0. The van der Waals surface area contributed by atoms with E-state index >= 15 is 0 Å². The van der Waals surface area contributed by atoms with Crippen LogP contribution in [0.25, 0.3) is 0 Å². The van der Waals surface area contributed by atoms with Crippen LogP contribution in [0.3, 0.4) is 0 Å². The number of hydrogen-bond acceptors (Lipinski definition) is 4. The first-order valence-electron chi connectivity index (χ1n) is 3.97. The molecule has 0 bridgehead atoms. The molecule has 1 aromatic rings. The minimum atomic E-state index is -1.07. The molecule has 0 aromatic carbocycles. The van der Waals surface area contributed by atoms with Gasteiger partial charge in [-0.2, -0.15) is 0 Å². The van der Waals surface area contributed by atoms with E-state index in [-0.39, 0.29) is 18.9 Å². The fraction of sp³-hybridized carbons (Fsp3) is 0.375. The molecule has 6 nitrogen and oxygen atoms in total. The highest BCUT2D eigenvalue weighted by atomic mass is 16.4. The van der Waals surface area contributed by atoms with Crippen molar-refractivity contribution in [2.75, 3.05) is 6.54 Å². The maximum atomic E-state index is 11.1. The summed E-state index contributed by atoms with van der Waals surface area (Å²) < 4.78 is 4.88. The number of oxazole rings is 1. The standard InChI is InChI=1S/C8H10N2O4/c1-5-10-6(4-14-5)2-7(11)9-3-8(12)13/h4H,2-3H2,1H3,(H,9,11)(H,12,13). The van der Waals surface area contributed by atoms with E-state index < -0.39 is 5.97 Å². The van der Waals surface area contributed by atoms with E-state index in [1.54, 1.807) is 6.92 Å². The van der Waals surface area contributed by atoms with Gasteiger partial charge in [-0.3, -0.25) is 9.59 Å². The van der Waals surface area contributed by atoms with Crippen molar-refractivity contribution >= 4 is 11.9 Å². The molecule has 1 aromatic heterocycles. The van der Waals surface area contributed by atoms with Crippen LogP contribution >= 0.6 is 0 Å². The molecule has 2 N–H and O–H groups in total. The molecule has 0 atom stereocenters. The number of carbonyl (C=O) groups excluding carboxylic acids is 1. The van der Waals surface area contributed by atoms with Gasteiger partial charge >= 0.3 is 5.97 Å². The number of nitrogens with zero attached hydrogens (tertiary/aromatic N) is 1. The summed E-state index contributed by atoms with van der Waals surface area (Å²) in [5, 5.41) is 10.5. The molecule has 0 radical (unpaired) electrons. The number of rotatable bonds is 4. The Kier molecular flexibility index (Phi) is 3.22. The third kappa shape index (κ3) is 3.26. The number of aryl methyl sites for hydroxylation is 1. The molecule has 6 heteroatoms. The van der Waals surface area contributed by atoms with Crippen LogP contribution in [0.5, 0.6) is 0 Å². The van der Waals surface area contributed by atoms with Crippen molar-refractivity contribution in [1.82, 2.24) is 10.3 Å². The van der Waals surface area contributed by atoms with Gasteiger partial charge in [0.2, 0.25) is 5.91 Å². The largest absolute Gasteiger partial charge is 0.480 e. The summed E-state index contributed by atoms with van der Waals surface area (Å²) in [7, 11) is 0. The Labute approximate surface area is 79.9 Å². The lowest BCUT2D eigenvalue weighted by molar-refractivity contribution is -0.137. The van der Waals surface area contributed by atoms with Crippen molar-refractivity contribution in [1.29, 1.82) is 0 Å². The number of nitrogens with one attached hydrogen (secondary N) is 1. The molecule has 1 amide bonds. The van der Waals surface area contributed by atoms with Crippen molar-refractivity contribution in [3.05, 3.63) is 17.8 Å². The van der Waals surface area contributed by atoms with Crippen molar-refractivity contribution in [3.8, 4) is 0 Å². The minimum absolute atomic E-state index is 0.0324. The van der Waals surface area contributed by atoms with E-state index in [4.69, 9.17) is 9.52 Å². The van der Waals surface area contributed by atoms with Crippen LogP contribution in [0.15, 0.2) is 10.7 Å². The fourth-order valence-corrected chi connectivity index (χ4v) is 0.891. The monoisotopic (exact) mass is 198 g/mol. The van der Waals surface area contributed by atoms with Gasteiger partial charge in [0, 0.05) is 6.92 Å². The highest BCUT2D eigenvalue weighted by Crippen LogP contribution is 2.00. The zero-order valence-corrected chi connectivity index (χ0v) is 7.61. The molecular weight excluding hydrogens is 188 g/mol. The first-order valence-corrected chi connectivity index (χ1v) is 3.97. The Morgan fingerprint density at radius 3 is 2.86 bits per heavy atom. The quantitative estimate of drug-likeness (QED) is 0.694. The smallest absolute Gasteiger partial charge is 0.322 e. The predicted molar refractivity (Wildman–Crippen MR) is 45.6 cm³/mol. The van der Waals surface area contributed by atoms with E-state index in [0.29, 0.717) is 11.6 Å². The summed E-state index contributed by atoms with van der Waals surface area (Å²) in [5.41, 5.74) is 0.491. The summed E-state index contributed by atoms with van der Waals surface area (Å²) in [6.45, 7) is 1.29. The Bertz CT molecular complexity index is 345. The zero-order valence-electron chi connectivity index (χ0n) is 7.61. The molecule has 0 fully saturated rings. The van der Waals surface area contributed by atoms with E-state index in [1.807, 2.05) is 0 Å². The van der Waals surface area contributed by atoms with Gasteiger partial charge in [-0.15, -0.1) is 0 Å². The maximum absolute atomic E-state index is 11.1. The molecule has 0 saturated carbocycles. The first-order chi connectivity index (χ1) is 6.58. The number of carboxylic acid groups (broad SMARTS) is 1. The maximum Gasteiger partial charge on any atom is 0.322 e. The van der Waals surface area contributed by atoms with Crippen molar-refractivity contribution in [2.24, 2.45) is 0 Å². The van der Waals surface area contributed by atoms with Gasteiger partial charge < -0.3 is 14.8 Å². The Morgan fingerprint density at radius 1 is 1.64 bits per heavy atom. The zero-order chi connectivity index (χ0) is 10.6. The minimum Gasteiger partial charge on any atom is -0.480 e. The predicted octanol–water partition coefficient (Wildman–Crippen LogP) is -0.274. The third-order valence-corrected chi connectivity index (χ3v) is 1.45. The van der Waals surface area contributed by atoms with Crippen LogP contribution in [0.4, 0.5) is 0 Å². The highest BCUT2D eigenvalue weighted by Gasteiger charge is 2.07. The second-order valence-corrected chi connectivity index (χ2v) is 2.71. The first kappa shape index (κ1) is 10.2. The number of amides is 1. The van der Waals surface area contributed by atoms with Gasteiger partial charge in [0.1, 0.15) is 12.8 Å².